The number of hydrogen-bond acceptors (Lipinski definition) is 2. The number of anilines is 2. The molecular weight excluding hydrogens is 142 g/mol. The first kappa shape index (κ1) is 9.13. The molecule has 1 aromatic carbocycles. The van der Waals surface area contributed by atoms with E-state index >= 15 is 0 Å². The topological polar surface area (TPSA) is 111 Å². The van der Waals surface area contributed by atoms with Crippen LogP contribution in [-0.2, 0) is 0 Å². The molecule has 0 unspecified atom stereocenters. The van der Waals surface area contributed by atoms with Crippen LogP contribution in [0.25, 0.3) is 16.0 Å². The van der Waals surface area contributed by atoms with E-state index in [-0.39, 0.29) is 0 Å². The van der Waals surface area contributed by atoms with Crippen LogP contribution in [0.4, 0.5) is 11.4 Å². The highest BCUT2D eigenvalue weighted by Gasteiger charge is 1.85. The maximum absolute atomic E-state index is 6.75. The largest absolute Gasteiger partial charge is 0.397 e. The second-order valence-corrected chi connectivity index (χ2v) is 1.72. The fourth-order valence-electron chi connectivity index (χ4n) is 0.511. The zero-order valence-corrected chi connectivity index (χ0v) is 5.81. The number of hydrogen-bond donors (Lipinski definition) is 2. The molecule has 1 rings (SSSR count). The van der Waals surface area contributed by atoms with E-state index in [4.69, 9.17) is 22.5 Å². The van der Waals surface area contributed by atoms with Gasteiger partial charge in [-0.15, -0.1) is 0 Å². The van der Waals surface area contributed by atoms with Gasteiger partial charge in [0.15, 0.2) is 0 Å². The summed E-state index contributed by atoms with van der Waals surface area (Å²) in [6, 6.07) is 7.25. The van der Waals surface area contributed by atoms with E-state index in [9.17, 15) is 0 Å². The second-order valence-electron chi connectivity index (χ2n) is 1.72. The Morgan fingerprint density at radius 3 is 1.45 bits per heavy atom. The lowest BCUT2D eigenvalue weighted by molar-refractivity contribution is 1.67. The fraction of sp³-hybridized carbons (Fsp3) is 0. The van der Waals surface area contributed by atoms with Gasteiger partial charge in [0.05, 0.1) is 11.4 Å². The Balaban J connectivity index is 0.000000292. The quantitative estimate of drug-likeness (QED) is 0.254. The first-order chi connectivity index (χ1) is 5.22. The van der Waals surface area contributed by atoms with Crippen LogP contribution in [0.2, 0.25) is 0 Å². The Morgan fingerprint density at radius 2 is 1.27 bits per heavy atom. The average molecular weight is 150 g/mol. The first-order valence-electron chi connectivity index (χ1n) is 2.80. The van der Waals surface area contributed by atoms with Crippen LogP contribution in [0.5, 0.6) is 0 Å². The van der Waals surface area contributed by atoms with Gasteiger partial charge in [-0.2, -0.15) is 0 Å². The highest BCUT2D eigenvalue weighted by atomic mass is 15.0. The molecule has 1 aromatic rings. The van der Waals surface area contributed by atoms with E-state index in [1.165, 1.54) is 4.91 Å². The third kappa shape index (κ3) is 3.66. The predicted molar refractivity (Wildman–Crippen MR) is 45.3 cm³/mol. The van der Waals surface area contributed by atoms with E-state index in [1.54, 1.807) is 12.1 Å². The molecule has 0 saturated heterocycles. The summed E-state index contributed by atoms with van der Waals surface area (Å²) in [7, 11) is 0. The van der Waals surface area contributed by atoms with Gasteiger partial charge in [0, 0.05) is 0 Å². The summed E-state index contributed by atoms with van der Waals surface area (Å²) < 4.78 is 0. The number of benzene rings is 1. The van der Waals surface area contributed by atoms with Crippen LogP contribution in [0.1, 0.15) is 0 Å². The van der Waals surface area contributed by atoms with Gasteiger partial charge in [-0.25, -0.2) is 0 Å². The molecule has 0 heterocycles. The molecule has 5 nitrogen and oxygen atoms in total. The molecular formula is C6H8N5-. The van der Waals surface area contributed by atoms with E-state index < -0.39 is 0 Å². The minimum atomic E-state index is 0.646. The van der Waals surface area contributed by atoms with Gasteiger partial charge in [0.1, 0.15) is 0 Å². The van der Waals surface area contributed by atoms with Crippen molar-refractivity contribution in [1.82, 2.24) is 0 Å². The maximum atomic E-state index is 6.75. The van der Waals surface area contributed by atoms with Crippen molar-refractivity contribution in [2.24, 2.45) is 0 Å². The van der Waals surface area contributed by atoms with Crippen LogP contribution in [-0.4, -0.2) is 0 Å². The van der Waals surface area contributed by atoms with Crippen molar-refractivity contribution in [2.75, 3.05) is 11.5 Å². The summed E-state index contributed by atoms with van der Waals surface area (Å²) >= 11 is 0. The molecule has 58 valence electrons. The highest BCUT2D eigenvalue weighted by molar-refractivity contribution is 5.62. The molecule has 0 radical (unpaired) electrons. The summed E-state index contributed by atoms with van der Waals surface area (Å²) in [5.41, 5.74) is 25.6. The van der Waals surface area contributed by atoms with Gasteiger partial charge in [-0.1, -0.05) is 12.1 Å². The third-order valence-electron chi connectivity index (χ3n) is 0.996. The van der Waals surface area contributed by atoms with Crippen LogP contribution in [0.15, 0.2) is 24.3 Å². The second kappa shape index (κ2) is 4.96. The molecule has 4 N–H and O–H groups in total. The summed E-state index contributed by atoms with van der Waals surface area (Å²) in [5, 5.41) is 0. The van der Waals surface area contributed by atoms with E-state index in [2.05, 4.69) is 0 Å². The highest BCUT2D eigenvalue weighted by Crippen LogP contribution is 2.10. The number of para-hydroxylation sites is 2. The maximum Gasteiger partial charge on any atom is 0.0547 e. The Hall–Kier alpha value is -1.87. The van der Waals surface area contributed by atoms with Crippen molar-refractivity contribution in [2.45, 2.75) is 0 Å². The molecule has 0 aliphatic carbocycles. The van der Waals surface area contributed by atoms with Gasteiger partial charge >= 0.3 is 0 Å². The Labute approximate surface area is 64.0 Å². The number of rotatable bonds is 0. The van der Waals surface area contributed by atoms with Gasteiger partial charge < -0.3 is 22.5 Å². The molecule has 0 aliphatic rings. The van der Waals surface area contributed by atoms with Crippen LogP contribution in [0, 0.1) is 0 Å². The molecule has 0 fully saturated rings. The van der Waals surface area contributed by atoms with Crippen LogP contribution in [0.3, 0.4) is 0 Å². The van der Waals surface area contributed by atoms with E-state index in [0.717, 1.165) is 0 Å². The van der Waals surface area contributed by atoms with Gasteiger partial charge in [-0.3, -0.25) is 4.91 Å². The molecule has 11 heavy (non-hydrogen) atoms. The number of nitrogens with zero attached hydrogens (tertiary/aromatic N) is 3. The van der Waals surface area contributed by atoms with Crippen molar-refractivity contribution in [3.63, 3.8) is 0 Å². The number of nitrogens with two attached hydrogens (primary N) is 2. The molecule has 5 heteroatoms. The van der Waals surface area contributed by atoms with Crippen molar-refractivity contribution >= 4 is 11.4 Å². The third-order valence-corrected chi connectivity index (χ3v) is 0.996. The van der Waals surface area contributed by atoms with Gasteiger partial charge in [0.2, 0.25) is 0 Å². The lowest BCUT2D eigenvalue weighted by atomic mass is 10.3. The Morgan fingerprint density at radius 1 is 1.00 bits per heavy atom. The molecule has 0 saturated carbocycles. The molecule has 0 aromatic heterocycles. The van der Waals surface area contributed by atoms with E-state index in [1.807, 2.05) is 12.1 Å². The van der Waals surface area contributed by atoms with Gasteiger partial charge in [0.25, 0.3) is 0 Å². The number of nitrogen functional groups attached to an aromatic ring is 2. The Kier molecular flexibility index (Phi) is 4.12. The summed E-state index contributed by atoms with van der Waals surface area (Å²) in [6.07, 6.45) is 0. The normalized spacial score (nSPS) is 7.27. The molecule has 0 amide bonds. The summed E-state index contributed by atoms with van der Waals surface area (Å²) in [5.74, 6) is 0. The molecule has 0 atom stereocenters. The predicted octanol–water partition coefficient (Wildman–Crippen LogP) is 1.72. The minimum absolute atomic E-state index is 0.646. The SMILES string of the molecule is Nc1ccccc1N.[N-]=[N+]=[N-]. The Bertz CT molecular complexity index is 230. The molecule has 0 bridgehead atoms. The van der Waals surface area contributed by atoms with Crippen molar-refractivity contribution < 1.29 is 0 Å². The van der Waals surface area contributed by atoms with Crippen molar-refractivity contribution in [1.29, 1.82) is 0 Å². The lowest BCUT2D eigenvalue weighted by Crippen LogP contribution is -1.91. The molecule has 0 spiro atoms. The summed E-state index contributed by atoms with van der Waals surface area (Å²) in [4.78, 5) is 1.50. The van der Waals surface area contributed by atoms with Gasteiger partial charge in [-0.05, 0) is 12.1 Å². The standard InChI is InChI=1S/C6H8N2.N3/c7-5-3-1-2-4-6(5)8;1-3-2/h1-4H,7-8H2;/q;-1. The zero-order valence-electron chi connectivity index (χ0n) is 5.81. The average Bonchev–Trinajstić information content (AvgIpc) is 1.97. The smallest absolute Gasteiger partial charge is 0.0547 e. The zero-order chi connectivity index (χ0) is 8.69. The van der Waals surface area contributed by atoms with Crippen molar-refractivity contribution in [3.05, 3.63) is 40.2 Å². The summed E-state index contributed by atoms with van der Waals surface area (Å²) in [6.45, 7) is 0. The monoisotopic (exact) mass is 150 g/mol. The fourth-order valence-corrected chi connectivity index (χ4v) is 0.511. The van der Waals surface area contributed by atoms with Crippen LogP contribution >= 0.6 is 0 Å². The lowest BCUT2D eigenvalue weighted by Gasteiger charge is -1.94. The molecule has 0 aliphatic heterocycles. The van der Waals surface area contributed by atoms with Crippen molar-refractivity contribution in [3.8, 4) is 0 Å². The minimum Gasteiger partial charge on any atom is -0.397 e. The van der Waals surface area contributed by atoms with Crippen LogP contribution < -0.4 is 11.5 Å². The first-order valence-corrected chi connectivity index (χ1v) is 2.80. The van der Waals surface area contributed by atoms with E-state index in [0.29, 0.717) is 11.4 Å².